The lowest BCUT2D eigenvalue weighted by Gasteiger charge is -2.35. The van der Waals surface area contributed by atoms with Crippen LogP contribution in [0.1, 0.15) is 11.6 Å². The molecule has 27 heavy (non-hydrogen) atoms. The summed E-state index contributed by atoms with van der Waals surface area (Å²) in [4.78, 5) is 14.6. The minimum absolute atomic E-state index is 0.00244. The highest BCUT2D eigenvalue weighted by molar-refractivity contribution is 5.77. The normalized spacial score (nSPS) is 15.7. The minimum atomic E-state index is -0.134. The number of nitrogens with zero attached hydrogens (tertiary/aromatic N) is 1. The number of carbonyl (C=O) groups is 1. The van der Waals surface area contributed by atoms with E-state index in [1.54, 1.807) is 7.11 Å². The van der Waals surface area contributed by atoms with Crippen molar-refractivity contribution in [2.24, 2.45) is 0 Å². The molecule has 1 fully saturated rings. The van der Waals surface area contributed by atoms with E-state index in [2.05, 4.69) is 10.2 Å². The Kier molecular flexibility index (Phi) is 7.07. The highest BCUT2D eigenvalue weighted by atomic mass is 16.5. The van der Waals surface area contributed by atoms with E-state index in [4.69, 9.17) is 14.2 Å². The molecular formula is C21H26N2O4. The van der Waals surface area contributed by atoms with Crippen molar-refractivity contribution in [1.29, 1.82) is 0 Å². The molecule has 0 spiro atoms. The molecule has 0 saturated carbocycles. The fourth-order valence-electron chi connectivity index (χ4n) is 3.10. The molecule has 3 rings (SSSR count). The average molecular weight is 370 g/mol. The zero-order valence-electron chi connectivity index (χ0n) is 15.6. The lowest BCUT2D eigenvalue weighted by molar-refractivity contribution is -0.123. The number of carbonyl (C=O) groups excluding carboxylic acids is 1. The van der Waals surface area contributed by atoms with E-state index in [1.165, 1.54) is 0 Å². The Morgan fingerprint density at radius 1 is 1.07 bits per heavy atom. The van der Waals surface area contributed by atoms with Gasteiger partial charge in [0.15, 0.2) is 6.61 Å². The van der Waals surface area contributed by atoms with E-state index in [0.717, 1.165) is 24.4 Å². The van der Waals surface area contributed by atoms with Gasteiger partial charge in [0.1, 0.15) is 11.5 Å². The number of rotatable bonds is 8. The van der Waals surface area contributed by atoms with Crippen LogP contribution in [-0.4, -0.2) is 57.4 Å². The van der Waals surface area contributed by atoms with Gasteiger partial charge in [0, 0.05) is 19.6 Å². The molecule has 0 unspecified atom stereocenters. The zero-order valence-corrected chi connectivity index (χ0v) is 15.6. The largest absolute Gasteiger partial charge is 0.497 e. The fourth-order valence-corrected chi connectivity index (χ4v) is 3.10. The second-order valence-corrected chi connectivity index (χ2v) is 6.34. The summed E-state index contributed by atoms with van der Waals surface area (Å²) in [6, 6.07) is 17.4. The topological polar surface area (TPSA) is 60.0 Å². The Bertz CT molecular complexity index is 700. The zero-order chi connectivity index (χ0) is 18.9. The van der Waals surface area contributed by atoms with Crippen LogP contribution in [0.2, 0.25) is 0 Å². The highest BCUT2D eigenvalue weighted by Crippen LogP contribution is 2.23. The van der Waals surface area contributed by atoms with Crippen molar-refractivity contribution in [2.75, 3.05) is 46.6 Å². The molecular weight excluding hydrogens is 344 g/mol. The van der Waals surface area contributed by atoms with Crippen LogP contribution in [-0.2, 0) is 9.53 Å². The SMILES string of the molecule is COc1ccc([C@H](CNC(=O)COc2ccccc2)N2CCOCC2)cc1. The number of hydrogen-bond donors (Lipinski definition) is 1. The molecule has 1 aliphatic rings. The van der Waals surface area contributed by atoms with E-state index in [1.807, 2.05) is 54.6 Å². The molecule has 1 heterocycles. The van der Waals surface area contributed by atoms with Gasteiger partial charge in [-0.05, 0) is 29.8 Å². The number of para-hydroxylation sites is 1. The van der Waals surface area contributed by atoms with Gasteiger partial charge >= 0.3 is 0 Å². The number of amides is 1. The number of morpholine rings is 1. The summed E-state index contributed by atoms with van der Waals surface area (Å²) in [6.07, 6.45) is 0. The van der Waals surface area contributed by atoms with Crippen molar-refractivity contribution in [3.8, 4) is 11.5 Å². The quantitative estimate of drug-likeness (QED) is 0.772. The van der Waals surface area contributed by atoms with Crippen molar-refractivity contribution >= 4 is 5.91 Å². The fraction of sp³-hybridized carbons (Fsp3) is 0.381. The number of methoxy groups -OCH3 is 1. The first-order valence-electron chi connectivity index (χ1n) is 9.16. The molecule has 0 aromatic heterocycles. The monoisotopic (exact) mass is 370 g/mol. The molecule has 6 nitrogen and oxygen atoms in total. The van der Waals surface area contributed by atoms with Crippen LogP contribution in [0.15, 0.2) is 54.6 Å². The third-order valence-corrected chi connectivity index (χ3v) is 4.59. The summed E-state index contributed by atoms with van der Waals surface area (Å²) in [6.45, 7) is 3.61. The third kappa shape index (κ3) is 5.70. The standard InChI is InChI=1S/C21H26N2O4/c1-25-18-9-7-17(8-10-18)20(23-11-13-26-14-12-23)15-22-21(24)16-27-19-5-3-2-4-6-19/h2-10,20H,11-16H2,1H3,(H,22,24)/t20-/m0/s1. The molecule has 0 bridgehead atoms. The Balaban J connectivity index is 1.59. The van der Waals surface area contributed by atoms with Crippen molar-refractivity contribution < 1.29 is 19.0 Å². The van der Waals surface area contributed by atoms with Crippen molar-refractivity contribution in [3.05, 3.63) is 60.2 Å². The van der Waals surface area contributed by atoms with Crippen LogP contribution in [0.3, 0.4) is 0 Å². The van der Waals surface area contributed by atoms with Crippen LogP contribution in [0.5, 0.6) is 11.5 Å². The van der Waals surface area contributed by atoms with Gasteiger partial charge in [-0.2, -0.15) is 0 Å². The van der Waals surface area contributed by atoms with Crippen molar-refractivity contribution in [1.82, 2.24) is 10.2 Å². The number of ether oxygens (including phenoxy) is 3. The second-order valence-electron chi connectivity index (χ2n) is 6.34. The summed E-state index contributed by atoms with van der Waals surface area (Å²) in [5, 5.41) is 3.00. The van der Waals surface area contributed by atoms with Crippen LogP contribution < -0.4 is 14.8 Å². The first-order valence-corrected chi connectivity index (χ1v) is 9.16. The second kappa shape index (κ2) is 9.94. The molecule has 144 valence electrons. The molecule has 6 heteroatoms. The third-order valence-electron chi connectivity index (χ3n) is 4.59. The van der Waals surface area contributed by atoms with Gasteiger partial charge in [0.2, 0.25) is 0 Å². The molecule has 1 saturated heterocycles. The van der Waals surface area contributed by atoms with Gasteiger partial charge in [0.25, 0.3) is 5.91 Å². The molecule has 1 N–H and O–H groups in total. The maximum Gasteiger partial charge on any atom is 0.258 e. The lowest BCUT2D eigenvalue weighted by Crippen LogP contribution is -2.44. The number of nitrogens with one attached hydrogen (secondary N) is 1. The Morgan fingerprint density at radius 3 is 2.44 bits per heavy atom. The van der Waals surface area contributed by atoms with E-state index in [0.29, 0.717) is 25.5 Å². The summed E-state index contributed by atoms with van der Waals surface area (Å²) < 4.78 is 16.2. The van der Waals surface area contributed by atoms with E-state index >= 15 is 0 Å². The molecule has 1 amide bonds. The Labute approximate surface area is 160 Å². The average Bonchev–Trinajstić information content (AvgIpc) is 2.74. The highest BCUT2D eigenvalue weighted by Gasteiger charge is 2.23. The first kappa shape index (κ1) is 19.2. The van der Waals surface area contributed by atoms with Gasteiger partial charge in [0.05, 0.1) is 26.4 Å². The summed E-state index contributed by atoms with van der Waals surface area (Å²) in [7, 11) is 1.65. The molecule has 0 radical (unpaired) electrons. The molecule has 0 aliphatic carbocycles. The van der Waals surface area contributed by atoms with Gasteiger partial charge < -0.3 is 19.5 Å². The van der Waals surface area contributed by atoms with E-state index in [-0.39, 0.29) is 18.6 Å². The van der Waals surface area contributed by atoms with Gasteiger partial charge in [-0.3, -0.25) is 9.69 Å². The molecule has 1 aliphatic heterocycles. The van der Waals surface area contributed by atoms with Gasteiger partial charge in [-0.1, -0.05) is 30.3 Å². The van der Waals surface area contributed by atoms with E-state index in [9.17, 15) is 4.79 Å². The number of hydrogen-bond acceptors (Lipinski definition) is 5. The number of benzene rings is 2. The summed E-state index contributed by atoms with van der Waals surface area (Å²) in [5.41, 5.74) is 1.14. The van der Waals surface area contributed by atoms with Gasteiger partial charge in [-0.25, -0.2) is 0 Å². The van der Waals surface area contributed by atoms with Crippen molar-refractivity contribution in [3.63, 3.8) is 0 Å². The molecule has 2 aromatic rings. The summed E-state index contributed by atoms with van der Waals surface area (Å²) >= 11 is 0. The predicted octanol–water partition coefficient (Wildman–Crippen LogP) is 2.26. The Morgan fingerprint density at radius 2 is 1.78 bits per heavy atom. The maximum absolute atomic E-state index is 12.2. The van der Waals surface area contributed by atoms with Gasteiger partial charge in [-0.15, -0.1) is 0 Å². The minimum Gasteiger partial charge on any atom is -0.497 e. The van der Waals surface area contributed by atoms with Crippen LogP contribution in [0, 0.1) is 0 Å². The smallest absolute Gasteiger partial charge is 0.258 e. The van der Waals surface area contributed by atoms with E-state index < -0.39 is 0 Å². The van der Waals surface area contributed by atoms with Crippen LogP contribution >= 0.6 is 0 Å². The lowest BCUT2D eigenvalue weighted by atomic mass is 10.0. The van der Waals surface area contributed by atoms with Crippen LogP contribution in [0.4, 0.5) is 0 Å². The maximum atomic E-state index is 12.2. The predicted molar refractivity (Wildman–Crippen MR) is 103 cm³/mol. The molecule has 1 atom stereocenters. The molecule has 2 aromatic carbocycles. The Hall–Kier alpha value is -2.57. The van der Waals surface area contributed by atoms with Crippen LogP contribution in [0.25, 0.3) is 0 Å². The first-order chi connectivity index (χ1) is 13.3. The summed E-state index contributed by atoms with van der Waals surface area (Å²) in [5.74, 6) is 1.37. The van der Waals surface area contributed by atoms with Crippen molar-refractivity contribution in [2.45, 2.75) is 6.04 Å².